The first-order chi connectivity index (χ1) is 16.6. The number of hydrogen-bond donors (Lipinski definition) is 1. The van der Waals surface area contributed by atoms with Crippen LogP contribution in [0.2, 0.25) is 10.0 Å². The average Bonchev–Trinajstić information content (AvgIpc) is 2.84. The molecule has 0 spiro atoms. The standard InChI is InChI=1S/C26H29Cl2FN2O4/c1-26(15-17-7-9-18(16-30)10-8-17,12-11-20(32)5-4-6-23(34-2)35-3)25(33)31-19-13-21(27)24(29)22(28)14-19/h7-10,13-14,23H,4-6,11-12,15H2,1-3H3,(H,31,33). The molecule has 1 N–H and O–H groups in total. The molecule has 0 heterocycles. The van der Waals surface area contributed by atoms with Gasteiger partial charge in [-0.1, -0.05) is 42.3 Å². The monoisotopic (exact) mass is 522 g/mol. The average molecular weight is 523 g/mol. The Bertz CT molecular complexity index is 1050. The first kappa shape index (κ1) is 28.7. The van der Waals surface area contributed by atoms with Crippen LogP contribution in [0.4, 0.5) is 10.1 Å². The van der Waals surface area contributed by atoms with Gasteiger partial charge in [0, 0.05) is 32.7 Å². The number of benzene rings is 2. The van der Waals surface area contributed by atoms with E-state index in [1.54, 1.807) is 45.4 Å². The molecule has 2 rings (SSSR count). The quantitative estimate of drug-likeness (QED) is 0.245. The molecule has 1 atom stereocenters. The zero-order valence-electron chi connectivity index (χ0n) is 20.0. The van der Waals surface area contributed by atoms with Crippen LogP contribution in [0.15, 0.2) is 36.4 Å². The van der Waals surface area contributed by atoms with Crippen molar-refractivity contribution in [2.45, 2.75) is 51.7 Å². The molecule has 188 valence electrons. The number of Topliss-reactive ketones (excluding diaryl/α,β-unsaturated/α-hetero) is 1. The number of halogens is 3. The van der Waals surface area contributed by atoms with Crippen LogP contribution in [-0.2, 0) is 25.5 Å². The van der Waals surface area contributed by atoms with Gasteiger partial charge in [-0.05, 0) is 55.5 Å². The third kappa shape index (κ3) is 8.59. The van der Waals surface area contributed by atoms with Crippen LogP contribution < -0.4 is 5.32 Å². The Morgan fingerprint density at radius 3 is 2.26 bits per heavy atom. The number of nitrogens with one attached hydrogen (secondary N) is 1. The Morgan fingerprint density at radius 2 is 1.71 bits per heavy atom. The Morgan fingerprint density at radius 1 is 1.11 bits per heavy atom. The van der Waals surface area contributed by atoms with Crippen molar-refractivity contribution in [3.8, 4) is 6.07 Å². The van der Waals surface area contributed by atoms with Gasteiger partial charge in [0.2, 0.25) is 5.91 Å². The zero-order valence-corrected chi connectivity index (χ0v) is 21.5. The molecule has 35 heavy (non-hydrogen) atoms. The molecule has 1 amide bonds. The van der Waals surface area contributed by atoms with E-state index in [0.717, 1.165) is 5.56 Å². The molecule has 0 radical (unpaired) electrons. The molecule has 0 aliphatic rings. The molecule has 9 heteroatoms. The highest BCUT2D eigenvalue weighted by Crippen LogP contribution is 2.33. The number of carbonyl (C=O) groups is 2. The summed E-state index contributed by atoms with van der Waals surface area (Å²) in [5.41, 5.74) is 0.635. The molecule has 1 unspecified atom stereocenters. The minimum atomic E-state index is -0.973. The van der Waals surface area contributed by atoms with Crippen LogP contribution in [0.5, 0.6) is 0 Å². The number of carbonyl (C=O) groups excluding carboxylic acids is 2. The number of nitrogens with zero attached hydrogens (tertiary/aromatic N) is 1. The van der Waals surface area contributed by atoms with Crippen LogP contribution in [0.25, 0.3) is 0 Å². The van der Waals surface area contributed by atoms with E-state index in [0.29, 0.717) is 31.2 Å². The Kier molecular flexibility index (Phi) is 11.1. The number of hydrogen-bond acceptors (Lipinski definition) is 5. The smallest absolute Gasteiger partial charge is 0.230 e. The fourth-order valence-electron chi connectivity index (χ4n) is 3.68. The Hall–Kier alpha value is -2.50. The van der Waals surface area contributed by atoms with Crippen molar-refractivity contribution < 1.29 is 23.5 Å². The fraction of sp³-hybridized carbons (Fsp3) is 0.423. The van der Waals surface area contributed by atoms with Crippen LogP contribution in [0.3, 0.4) is 0 Å². The van der Waals surface area contributed by atoms with E-state index in [4.69, 9.17) is 37.9 Å². The van der Waals surface area contributed by atoms with Gasteiger partial charge in [-0.2, -0.15) is 5.26 Å². The third-order valence-electron chi connectivity index (χ3n) is 5.84. The first-order valence-electron chi connectivity index (χ1n) is 11.1. The SMILES string of the molecule is COC(CCCC(=O)CCC(C)(Cc1ccc(C#N)cc1)C(=O)Nc1cc(Cl)c(F)c(Cl)c1)OC. The molecule has 0 bridgehead atoms. The number of anilines is 1. The van der Waals surface area contributed by atoms with Gasteiger partial charge >= 0.3 is 0 Å². The molecule has 6 nitrogen and oxygen atoms in total. The van der Waals surface area contributed by atoms with Crippen molar-refractivity contribution in [2.75, 3.05) is 19.5 Å². The maximum atomic E-state index is 13.8. The summed E-state index contributed by atoms with van der Waals surface area (Å²) in [6.07, 6.45) is 2.01. The topological polar surface area (TPSA) is 88.4 Å². The lowest BCUT2D eigenvalue weighted by molar-refractivity contribution is -0.126. The lowest BCUT2D eigenvalue weighted by Gasteiger charge is -2.29. The van der Waals surface area contributed by atoms with Gasteiger partial charge in [0.25, 0.3) is 0 Å². The summed E-state index contributed by atoms with van der Waals surface area (Å²) >= 11 is 11.7. The zero-order chi connectivity index (χ0) is 26.0. The Labute approximate surface area is 215 Å². The van der Waals surface area contributed by atoms with Crippen molar-refractivity contribution in [1.82, 2.24) is 0 Å². The molecular formula is C26H29Cl2FN2O4. The largest absolute Gasteiger partial charge is 0.356 e. The highest BCUT2D eigenvalue weighted by Gasteiger charge is 2.34. The molecular weight excluding hydrogens is 494 g/mol. The summed E-state index contributed by atoms with van der Waals surface area (Å²) in [4.78, 5) is 25.9. The number of ketones is 1. The summed E-state index contributed by atoms with van der Waals surface area (Å²) in [5, 5.41) is 11.4. The van der Waals surface area contributed by atoms with Gasteiger partial charge in [0.15, 0.2) is 12.1 Å². The second-order valence-electron chi connectivity index (χ2n) is 8.59. The normalized spacial score (nSPS) is 12.7. The van der Waals surface area contributed by atoms with E-state index >= 15 is 0 Å². The summed E-state index contributed by atoms with van der Waals surface area (Å²) < 4.78 is 24.1. The lowest BCUT2D eigenvalue weighted by Crippen LogP contribution is -2.36. The predicted octanol–water partition coefficient (Wildman–Crippen LogP) is 6.33. The summed E-state index contributed by atoms with van der Waals surface area (Å²) in [6, 6.07) is 11.6. The van der Waals surface area contributed by atoms with E-state index in [2.05, 4.69) is 11.4 Å². The number of amides is 1. The molecule has 0 saturated carbocycles. The number of nitriles is 1. The van der Waals surface area contributed by atoms with Gasteiger partial charge in [-0.3, -0.25) is 9.59 Å². The van der Waals surface area contributed by atoms with Gasteiger partial charge in [-0.25, -0.2) is 4.39 Å². The molecule has 0 aliphatic heterocycles. The minimum Gasteiger partial charge on any atom is -0.356 e. The lowest BCUT2D eigenvalue weighted by atomic mass is 9.77. The first-order valence-corrected chi connectivity index (χ1v) is 11.9. The van der Waals surface area contributed by atoms with E-state index < -0.39 is 11.2 Å². The fourth-order valence-corrected chi connectivity index (χ4v) is 4.16. The van der Waals surface area contributed by atoms with Crippen molar-refractivity contribution in [3.05, 3.63) is 63.4 Å². The summed E-state index contributed by atoms with van der Waals surface area (Å²) in [7, 11) is 3.09. The number of ether oxygens (including phenoxy) is 2. The van der Waals surface area contributed by atoms with Gasteiger partial charge in [-0.15, -0.1) is 0 Å². The molecule has 0 saturated heterocycles. The molecule has 2 aromatic carbocycles. The van der Waals surface area contributed by atoms with Gasteiger partial charge < -0.3 is 14.8 Å². The second kappa shape index (κ2) is 13.6. The summed E-state index contributed by atoms with van der Waals surface area (Å²) in [6.45, 7) is 1.77. The molecule has 0 aliphatic carbocycles. The maximum absolute atomic E-state index is 13.8. The van der Waals surface area contributed by atoms with Crippen molar-refractivity contribution in [3.63, 3.8) is 0 Å². The van der Waals surface area contributed by atoms with Crippen molar-refractivity contribution in [1.29, 1.82) is 5.26 Å². The van der Waals surface area contributed by atoms with Crippen molar-refractivity contribution >= 4 is 40.6 Å². The van der Waals surface area contributed by atoms with Crippen LogP contribution in [0, 0.1) is 22.6 Å². The Balaban J connectivity index is 2.15. The molecule has 2 aromatic rings. The highest BCUT2D eigenvalue weighted by atomic mass is 35.5. The second-order valence-corrected chi connectivity index (χ2v) is 9.40. The number of rotatable bonds is 13. The maximum Gasteiger partial charge on any atom is 0.230 e. The highest BCUT2D eigenvalue weighted by molar-refractivity contribution is 6.35. The molecule has 0 aromatic heterocycles. The third-order valence-corrected chi connectivity index (χ3v) is 6.39. The van der Waals surface area contributed by atoms with Crippen LogP contribution in [-0.4, -0.2) is 32.2 Å². The predicted molar refractivity (Wildman–Crippen MR) is 134 cm³/mol. The van der Waals surface area contributed by atoms with E-state index in [9.17, 15) is 14.0 Å². The van der Waals surface area contributed by atoms with E-state index in [1.807, 2.05) is 0 Å². The minimum absolute atomic E-state index is 0.0303. The van der Waals surface area contributed by atoms with E-state index in [-0.39, 0.29) is 46.6 Å². The van der Waals surface area contributed by atoms with Gasteiger partial charge in [0.1, 0.15) is 5.78 Å². The summed E-state index contributed by atoms with van der Waals surface area (Å²) in [5.74, 6) is -1.09. The number of methoxy groups -OCH3 is 2. The van der Waals surface area contributed by atoms with Crippen molar-refractivity contribution in [2.24, 2.45) is 5.41 Å². The molecule has 0 fully saturated rings. The van der Waals surface area contributed by atoms with Gasteiger partial charge in [0.05, 0.1) is 27.1 Å². The van der Waals surface area contributed by atoms with Crippen LogP contribution in [0.1, 0.15) is 50.2 Å². The van der Waals surface area contributed by atoms with E-state index in [1.165, 1.54) is 12.1 Å². The van der Waals surface area contributed by atoms with Crippen LogP contribution >= 0.6 is 23.2 Å².